The molecule has 0 radical (unpaired) electrons. The summed E-state index contributed by atoms with van der Waals surface area (Å²) < 4.78 is 1.80. The molecule has 0 bridgehead atoms. The minimum Gasteiger partial charge on any atom is -0.395 e. The zero-order valence-corrected chi connectivity index (χ0v) is 13.3. The molecule has 0 saturated heterocycles. The van der Waals surface area contributed by atoms with Gasteiger partial charge in [-0.3, -0.25) is 9.48 Å². The average molecular weight is 309 g/mol. The van der Waals surface area contributed by atoms with Gasteiger partial charge in [0.2, 0.25) is 5.91 Å². The Morgan fingerprint density at radius 1 is 1.39 bits per heavy atom. The zero-order chi connectivity index (χ0) is 16.4. The molecule has 1 aromatic carbocycles. The van der Waals surface area contributed by atoms with Crippen LogP contribution in [0.1, 0.15) is 41.1 Å². The number of hydrogen-bond acceptors (Lipinski definition) is 3. The van der Waals surface area contributed by atoms with Gasteiger partial charge < -0.3 is 10.4 Å². The van der Waals surface area contributed by atoms with Gasteiger partial charge in [0, 0.05) is 42.6 Å². The number of benzene rings is 1. The molecule has 1 aliphatic heterocycles. The molecule has 2 N–H and O–H groups in total. The maximum Gasteiger partial charge on any atom is 0.226 e. The molecule has 2 aromatic rings. The second kappa shape index (κ2) is 6.27. The summed E-state index contributed by atoms with van der Waals surface area (Å²) in [5, 5.41) is 16.0. The van der Waals surface area contributed by atoms with E-state index in [0.29, 0.717) is 18.7 Å². The average Bonchev–Trinajstić information content (AvgIpc) is 2.82. The third-order valence-electron chi connectivity index (χ3n) is 4.16. The Bertz CT molecular complexity index is 794. The molecule has 0 aliphatic carbocycles. The number of fused-ring (bicyclic) bond motifs is 1. The fourth-order valence-corrected chi connectivity index (χ4v) is 2.91. The Kier molecular flexibility index (Phi) is 4.18. The van der Waals surface area contributed by atoms with Crippen molar-refractivity contribution in [2.45, 2.75) is 25.7 Å². The SMILES string of the molecule is Cc1c2c(nn1C)NC(=O)CC2c1ccc(C#CCCO)cc1. The van der Waals surface area contributed by atoms with E-state index in [2.05, 4.69) is 22.3 Å². The van der Waals surface area contributed by atoms with Crippen LogP contribution in [0.5, 0.6) is 0 Å². The van der Waals surface area contributed by atoms with Crippen LogP contribution in [0.4, 0.5) is 5.82 Å². The molecular weight excluding hydrogens is 290 g/mol. The highest BCUT2D eigenvalue weighted by molar-refractivity contribution is 5.94. The van der Waals surface area contributed by atoms with Crippen LogP contribution in [-0.4, -0.2) is 27.4 Å². The highest BCUT2D eigenvalue weighted by Gasteiger charge is 2.31. The van der Waals surface area contributed by atoms with E-state index in [1.807, 2.05) is 38.2 Å². The van der Waals surface area contributed by atoms with Crippen molar-refractivity contribution >= 4 is 11.7 Å². The van der Waals surface area contributed by atoms with Gasteiger partial charge >= 0.3 is 0 Å². The van der Waals surface area contributed by atoms with Crippen molar-refractivity contribution in [1.82, 2.24) is 9.78 Å². The summed E-state index contributed by atoms with van der Waals surface area (Å²) in [6.45, 7) is 2.09. The standard InChI is InChI=1S/C18H19N3O2/c1-12-17-15(11-16(23)19-18(17)20-21(12)2)14-8-6-13(7-9-14)5-3-4-10-22/h6-9,15,22H,4,10-11H2,1-2H3,(H,19,20,23). The maximum atomic E-state index is 12.0. The predicted octanol–water partition coefficient (Wildman–Crippen LogP) is 1.94. The van der Waals surface area contributed by atoms with Crippen LogP contribution in [0.2, 0.25) is 0 Å². The molecule has 0 fully saturated rings. The number of hydrogen-bond donors (Lipinski definition) is 2. The van der Waals surface area contributed by atoms with Crippen molar-refractivity contribution in [2.75, 3.05) is 11.9 Å². The van der Waals surface area contributed by atoms with Crippen molar-refractivity contribution in [3.05, 3.63) is 46.6 Å². The van der Waals surface area contributed by atoms with Gasteiger partial charge in [-0.1, -0.05) is 24.0 Å². The van der Waals surface area contributed by atoms with Crippen LogP contribution >= 0.6 is 0 Å². The number of nitrogens with zero attached hydrogens (tertiary/aromatic N) is 2. The van der Waals surface area contributed by atoms with E-state index in [9.17, 15) is 4.79 Å². The van der Waals surface area contributed by atoms with Gasteiger partial charge in [0.15, 0.2) is 5.82 Å². The lowest BCUT2D eigenvalue weighted by Crippen LogP contribution is -2.23. The topological polar surface area (TPSA) is 67.2 Å². The number of nitrogens with one attached hydrogen (secondary N) is 1. The zero-order valence-electron chi connectivity index (χ0n) is 13.3. The van der Waals surface area contributed by atoms with Crippen molar-refractivity contribution in [1.29, 1.82) is 0 Å². The Hall–Kier alpha value is -2.58. The molecule has 3 rings (SSSR count). The van der Waals surface area contributed by atoms with Crippen molar-refractivity contribution in [3.8, 4) is 11.8 Å². The quantitative estimate of drug-likeness (QED) is 0.833. The molecule has 5 nitrogen and oxygen atoms in total. The van der Waals surface area contributed by atoms with Crippen molar-refractivity contribution < 1.29 is 9.90 Å². The minimum atomic E-state index is -0.00702. The molecule has 1 amide bonds. The molecule has 5 heteroatoms. The predicted molar refractivity (Wildman–Crippen MR) is 88.1 cm³/mol. The number of aliphatic hydroxyl groups excluding tert-OH is 1. The molecule has 1 atom stereocenters. The highest BCUT2D eigenvalue weighted by atomic mass is 16.2. The first-order chi connectivity index (χ1) is 11.1. The van der Waals surface area contributed by atoms with Crippen LogP contribution in [0.3, 0.4) is 0 Å². The first-order valence-corrected chi connectivity index (χ1v) is 7.63. The molecule has 118 valence electrons. The summed E-state index contributed by atoms with van der Waals surface area (Å²) in [6, 6.07) is 7.94. The summed E-state index contributed by atoms with van der Waals surface area (Å²) in [6.07, 6.45) is 0.901. The number of carbonyl (C=O) groups excluding carboxylic acids is 1. The molecular formula is C18H19N3O2. The molecule has 1 unspecified atom stereocenters. The Morgan fingerprint density at radius 2 is 2.13 bits per heavy atom. The van der Waals surface area contributed by atoms with Crippen molar-refractivity contribution in [3.63, 3.8) is 0 Å². The van der Waals surface area contributed by atoms with Crippen molar-refractivity contribution in [2.24, 2.45) is 7.05 Å². The second-order valence-electron chi connectivity index (χ2n) is 5.67. The number of carbonyl (C=O) groups is 1. The Balaban J connectivity index is 1.93. The minimum absolute atomic E-state index is 0.00702. The number of aryl methyl sites for hydroxylation is 1. The fraction of sp³-hybridized carbons (Fsp3) is 0.333. The Labute approximate surface area is 135 Å². The molecule has 23 heavy (non-hydrogen) atoms. The Morgan fingerprint density at radius 3 is 2.83 bits per heavy atom. The fourth-order valence-electron chi connectivity index (χ4n) is 2.91. The summed E-state index contributed by atoms with van der Waals surface area (Å²) in [5.41, 5.74) is 4.15. The maximum absolute atomic E-state index is 12.0. The van der Waals surface area contributed by atoms with E-state index in [1.165, 1.54) is 0 Å². The summed E-state index contributed by atoms with van der Waals surface area (Å²) >= 11 is 0. The van der Waals surface area contributed by atoms with Crippen LogP contribution in [-0.2, 0) is 11.8 Å². The first-order valence-electron chi connectivity index (χ1n) is 7.63. The highest BCUT2D eigenvalue weighted by Crippen LogP contribution is 2.38. The van der Waals surface area contributed by atoms with Gasteiger partial charge in [-0.25, -0.2) is 0 Å². The van der Waals surface area contributed by atoms with Crippen LogP contribution in [0, 0.1) is 18.8 Å². The van der Waals surface area contributed by atoms with Gasteiger partial charge in [0.25, 0.3) is 0 Å². The smallest absolute Gasteiger partial charge is 0.226 e. The first kappa shape index (κ1) is 15.3. The largest absolute Gasteiger partial charge is 0.395 e. The summed E-state index contributed by atoms with van der Waals surface area (Å²) in [7, 11) is 1.89. The molecule has 2 heterocycles. The molecule has 0 spiro atoms. The summed E-state index contributed by atoms with van der Waals surface area (Å²) in [5.74, 6) is 6.60. The number of aromatic nitrogens is 2. The molecule has 1 aromatic heterocycles. The van der Waals surface area contributed by atoms with Crippen LogP contribution in [0.25, 0.3) is 0 Å². The van der Waals surface area contributed by atoms with E-state index in [-0.39, 0.29) is 18.4 Å². The van der Waals surface area contributed by atoms with E-state index in [1.54, 1.807) is 4.68 Å². The third kappa shape index (κ3) is 2.99. The third-order valence-corrected chi connectivity index (χ3v) is 4.16. The van der Waals surface area contributed by atoms with Gasteiger partial charge in [0.05, 0.1) is 6.61 Å². The number of rotatable bonds is 2. The number of anilines is 1. The number of aliphatic hydroxyl groups is 1. The lowest BCUT2D eigenvalue weighted by molar-refractivity contribution is -0.116. The second-order valence-corrected chi connectivity index (χ2v) is 5.67. The van der Waals surface area contributed by atoms with E-state index in [0.717, 1.165) is 22.4 Å². The molecule has 1 aliphatic rings. The lowest BCUT2D eigenvalue weighted by Gasteiger charge is -2.23. The van der Waals surface area contributed by atoms with Gasteiger partial charge in [-0.2, -0.15) is 5.10 Å². The normalized spacial score (nSPS) is 16.3. The van der Waals surface area contributed by atoms with Gasteiger partial charge in [-0.05, 0) is 24.6 Å². The molecule has 0 saturated carbocycles. The summed E-state index contributed by atoms with van der Waals surface area (Å²) in [4.78, 5) is 12.0. The van der Waals surface area contributed by atoms with Gasteiger partial charge in [0.1, 0.15) is 0 Å². The lowest BCUT2D eigenvalue weighted by atomic mass is 9.85. The van der Waals surface area contributed by atoms with Gasteiger partial charge in [-0.15, -0.1) is 0 Å². The monoisotopic (exact) mass is 309 g/mol. The van der Waals surface area contributed by atoms with E-state index < -0.39 is 0 Å². The van der Waals surface area contributed by atoms with E-state index in [4.69, 9.17) is 5.11 Å². The number of amides is 1. The van der Waals surface area contributed by atoms with Crippen LogP contribution in [0.15, 0.2) is 24.3 Å². The van der Waals surface area contributed by atoms with E-state index >= 15 is 0 Å². The van der Waals surface area contributed by atoms with Crippen LogP contribution < -0.4 is 5.32 Å².